The number of rotatable bonds is 8. The molecule has 0 fully saturated rings. The number of nitrogens with zero attached hydrogens (tertiary/aromatic N) is 1. The molecule has 0 aliphatic carbocycles. The maximum Gasteiger partial charge on any atom is 0.322 e. The van der Waals surface area contributed by atoms with Crippen LogP contribution in [0.5, 0.6) is 0 Å². The van der Waals surface area contributed by atoms with Crippen LogP contribution >= 0.6 is 0 Å². The largest absolute Gasteiger partial charge is 0.468 e. The first-order valence-corrected chi connectivity index (χ1v) is 6.00. The Hall–Kier alpha value is -0.610. The highest BCUT2D eigenvalue weighted by molar-refractivity contribution is 5.74. The van der Waals surface area contributed by atoms with Crippen LogP contribution in [0.3, 0.4) is 0 Å². The number of nitrogens with one attached hydrogen (secondary N) is 1. The lowest BCUT2D eigenvalue weighted by molar-refractivity contribution is -0.142. The van der Waals surface area contributed by atoms with Gasteiger partial charge in [0, 0.05) is 6.04 Å². The van der Waals surface area contributed by atoms with E-state index in [1.54, 1.807) is 0 Å². The molecule has 0 aromatic rings. The second-order valence-electron chi connectivity index (χ2n) is 4.48. The fraction of sp³-hybridized carbons (Fsp3) is 0.917. The SMILES string of the molecule is COC(=O)C(C)NCCCCN(C)C(C)C. The highest BCUT2D eigenvalue weighted by Gasteiger charge is 2.10. The van der Waals surface area contributed by atoms with Crippen LogP contribution < -0.4 is 5.32 Å². The minimum Gasteiger partial charge on any atom is -0.468 e. The fourth-order valence-electron chi connectivity index (χ4n) is 1.32. The summed E-state index contributed by atoms with van der Waals surface area (Å²) in [6.07, 6.45) is 2.23. The molecule has 0 amide bonds. The van der Waals surface area contributed by atoms with Crippen molar-refractivity contribution in [1.29, 1.82) is 0 Å². The number of carbonyl (C=O) groups excluding carboxylic acids is 1. The van der Waals surface area contributed by atoms with Crippen molar-refractivity contribution in [2.24, 2.45) is 0 Å². The Bertz CT molecular complexity index is 195. The Kier molecular flexibility index (Phi) is 8.21. The van der Waals surface area contributed by atoms with Crippen LogP contribution in [-0.2, 0) is 9.53 Å². The van der Waals surface area contributed by atoms with Crippen LogP contribution in [0.4, 0.5) is 0 Å². The van der Waals surface area contributed by atoms with Gasteiger partial charge in [0.15, 0.2) is 0 Å². The van der Waals surface area contributed by atoms with Crippen LogP contribution in [0.2, 0.25) is 0 Å². The van der Waals surface area contributed by atoms with Crippen molar-refractivity contribution in [3.05, 3.63) is 0 Å². The molecule has 16 heavy (non-hydrogen) atoms. The molecule has 0 aliphatic rings. The van der Waals surface area contributed by atoms with Crippen LogP contribution in [0.15, 0.2) is 0 Å². The highest BCUT2D eigenvalue weighted by atomic mass is 16.5. The Balaban J connectivity index is 3.43. The van der Waals surface area contributed by atoms with Crippen molar-refractivity contribution < 1.29 is 9.53 Å². The average Bonchev–Trinajstić information content (AvgIpc) is 2.26. The minimum atomic E-state index is -0.201. The molecule has 1 N–H and O–H groups in total. The monoisotopic (exact) mass is 230 g/mol. The maximum absolute atomic E-state index is 11.1. The Labute approximate surface area is 99.3 Å². The van der Waals surface area contributed by atoms with Crippen LogP contribution in [0.25, 0.3) is 0 Å². The third kappa shape index (κ3) is 6.80. The standard InChI is InChI=1S/C12H26N2O2/c1-10(2)14(4)9-7-6-8-13-11(3)12(15)16-5/h10-11,13H,6-9H2,1-5H3. The van der Waals surface area contributed by atoms with Gasteiger partial charge in [-0.1, -0.05) is 0 Å². The van der Waals surface area contributed by atoms with Crippen molar-refractivity contribution in [3.63, 3.8) is 0 Å². The molecule has 0 radical (unpaired) electrons. The lowest BCUT2D eigenvalue weighted by Gasteiger charge is -2.20. The van der Waals surface area contributed by atoms with E-state index < -0.39 is 0 Å². The van der Waals surface area contributed by atoms with Crippen molar-refractivity contribution in [1.82, 2.24) is 10.2 Å². The quantitative estimate of drug-likeness (QED) is 0.503. The molecule has 0 aliphatic heterocycles. The smallest absolute Gasteiger partial charge is 0.322 e. The van der Waals surface area contributed by atoms with Crippen molar-refractivity contribution in [2.45, 2.75) is 45.7 Å². The van der Waals surface area contributed by atoms with Gasteiger partial charge in [-0.05, 0) is 53.8 Å². The van der Waals surface area contributed by atoms with E-state index in [1.165, 1.54) is 7.11 Å². The third-order valence-corrected chi connectivity index (χ3v) is 2.82. The zero-order valence-electron chi connectivity index (χ0n) is 11.2. The average molecular weight is 230 g/mol. The molecule has 1 atom stereocenters. The first kappa shape index (κ1) is 15.4. The summed E-state index contributed by atoms with van der Waals surface area (Å²) in [5.41, 5.74) is 0. The fourth-order valence-corrected chi connectivity index (χ4v) is 1.32. The van der Waals surface area contributed by atoms with E-state index in [9.17, 15) is 4.79 Å². The lowest BCUT2D eigenvalue weighted by atomic mass is 10.2. The van der Waals surface area contributed by atoms with Gasteiger partial charge in [0.25, 0.3) is 0 Å². The molecule has 0 rings (SSSR count). The highest BCUT2D eigenvalue weighted by Crippen LogP contribution is 1.97. The van der Waals surface area contributed by atoms with Crippen LogP contribution in [-0.4, -0.2) is 50.2 Å². The summed E-state index contributed by atoms with van der Waals surface area (Å²) in [6.45, 7) is 8.18. The van der Waals surface area contributed by atoms with Gasteiger partial charge in [-0.25, -0.2) is 0 Å². The number of ether oxygens (including phenoxy) is 1. The first-order valence-electron chi connectivity index (χ1n) is 6.00. The molecule has 0 aromatic heterocycles. The zero-order chi connectivity index (χ0) is 12.6. The summed E-state index contributed by atoms with van der Waals surface area (Å²) in [5.74, 6) is -0.195. The molecule has 0 bridgehead atoms. The van der Waals surface area contributed by atoms with Gasteiger partial charge in [0.2, 0.25) is 0 Å². The predicted molar refractivity (Wildman–Crippen MR) is 66.5 cm³/mol. The molecule has 0 spiro atoms. The number of hydrogen-bond acceptors (Lipinski definition) is 4. The molecule has 0 heterocycles. The molecule has 0 aromatic carbocycles. The number of unbranched alkanes of at least 4 members (excludes halogenated alkanes) is 1. The zero-order valence-corrected chi connectivity index (χ0v) is 11.2. The van der Waals surface area contributed by atoms with E-state index >= 15 is 0 Å². The number of hydrogen-bond donors (Lipinski definition) is 1. The van der Waals surface area contributed by atoms with Gasteiger partial charge in [0.1, 0.15) is 6.04 Å². The van der Waals surface area contributed by atoms with Crippen molar-refractivity contribution in [2.75, 3.05) is 27.2 Å². The topological polar surface area (TPSA) is 41.6 Å². The molecule has 4 heteroatoms. The van der Waals surface area contributed by atoms with E-state index in [4.69, 9.17) is 0 Å². The lowest BCUT2D eigenvalue weighted by Crippen LogP contribution is -2.35. The number of esters is 1. The summed E-state index contributed by atoms with van der Waals surface area (Å²) >= 11 is 0. The second kappa shape index (κ2) is 8.53. The van der Waals surface area contributed by atoms with Crippen molar-refractivity contribution in [3.8, 4) is 0 Å². The second-order valence-corrected chi connectivity index (χ2v) is 4.48. The molecular weight excluding hydrogens is 204 g/mol. The van der Waals surface area contributed by atoms with Crippen LogP contribution in [0.1, 0.15) is 33.6 Å². The van der Waals surface area contributed by atoms with E-state index in [0.29, 0.717) is 6.04 Å². The van der Waals surface area contributed by atoms with Gasteiger partial charge in [0.05, 0.1) is 7.11 Å². The van der Waals surface area contributed by atoms with Crippen molar-refractivity contribution >= 4 is 5.97 Å². The van der Waals surface area contributed by atoms with Gasteiger partial charge in [-0.3, -0.25) is 4.79 Å². The molecule has 1 unspecified atom stereocenters. The minimum absolute atomic E-state index is 0.195. The summed E-state index contributed by atoms with van der Waals surface area (Å²) in [4.78, 5) is 13.4. The van der Waals surface area contributed by atoms with Gasteiger partial charge in [-0.15, -0.1) is 0 Å². The predicted octanol–water partition coefficient (Wildman–Crippen LogP) is 1.26. The van der Waals surface area contributed by atoms with E-state index in [1.807, 2.05) is 6.92 Å². The summed E-state index contributed by atoms with van der Waals surface area (Å²) < 4.78 is 4.63. The summed E-state index contributed by atoms with van der Waals surface area (Å²) in [5, 5.41) is 3.14. The third-order valence-electron chi connectivity index (χ3n) is 2.82. The molecule has 0 saturated carbocycles. The maximum atomic E-state index is 11.1. The number of methoxy groups -OCH3 is 1. The van der Waals surface area contributed by atoms with Gasteiger partial charge >= 0.3 is 5.97 Å². The van der Waals surface area contributed by atoms with Gasteiger partial charge < -0.3 is 15.0 Å². The Morgan fingerprint density at radius 1 is 1.31 bits per heavy atom. The first-order chi connectivity index (χ1) is 7.49. The van der Waals surface area contributed by atoms with E-state index in [0.717, 1.165) is 25.9 Å². The molecule has 0 saturated heterocycles. The summed E-state index contributed by atoms with van der Waals surface area (Å²) in [6, 6.07) is 0.398. The van der Waals surface area contributed by atoms with Gasteiger partial charge in [-0.2, -0.15) is 0 Å². The number of carbonyl (C=O) groups is 1. The van der Waals surface area contributed by atoms with E-state index in [-0.39, 0.29) is 12.0 Å². The van der Waals surface area contributed by atoms with E-state index in [2.05, 4.69) is 35.8 Å². The Morgan fingerprint density at radius 2 is 1.94 bits per heavy atom. The molecule has 96 valence electrons. The molecular formula is C12H26N2O2. The normalized spacial score (nSPS) is 13.2. The summed E-state index contributed by atoms with van der Waals surface area (Å²) in [7, 11) is 3.55. The van der Waals surface area contributed by atoms with Crippen LogP contribution in [0, 0.1) is 0 Å². The Morgan fingerprint density at radius 3 is 2.44 bits per heavy atom. The molecule has 4 nitrogen and oxygen atoms in total.